The highest BCUT2D eigenvalue weighted by Gasteiger charge is 2.13. The third-order valence-corrected chi connectivity index (χ3v) is 3.61. The molecule has 10 heavy (non-hydrogen) atoms. The van der Waals surface area contributed by atoms with Crippen LogP contribution in [-0.2, 0) is 0 Å². The van der Waals surface area contributed by atoms with E-state index in [-0.39, 0.29) is 0 Å². The molecule has 1 rings (SSSR count). The van der Waals surface area contributed by atoms with E-state index < -0.39 is 11.1 Å². The lowest BCUT2D eigenvalue weighted by Gasteiger charge is -2.16. The molecule has 0 spiro atoms. The summed E-state index contributed by atoms with van der Waals surface area (Å²) in [5, 5.41) is 8.02. The molecule has 1 heterocycles. The molecule has 0 radical (unpaired) electrons. The Balaban J connectivity index is 2.85. The molecule has 1 atom stereocenters. The van der Waals surface area contributed by atoms with Gasteiger partial charge in [0.1, 0.15) is 0 Å². The second kappa shape index (κ2) is 2.81. The Kier molecular flexibility index (Phi) is 2.21. The highest BCUT2D eigenvalue weighted by molar-refractivity contribution is 8.21. The van der Waals surface area contributed by atoms with Crippen molar-refractivity contribution in [2.45, 2.75) is 20.8 Å². The first kappa shape index (κ1) is 7.89. The fourth-order valence-electron chi connectivity index (χ4n) is 1.31. The maximum absolute atomic E-state index is 5.89. The van der Waals surface area contributed by atoms with Crippen LogP contribution in [0.1, 0.15) is 20.8 Å². The van der Waals surface area contributed by atoms with Crippen molar-refractivity contribution in [2.24, 2.45) is 11.1 Å². The Morgan fingerprint density at radius 1 is 1.50 bits per heavy atom. The molecule has 1 aliphatic rings. The molecule has 0 aromatic heterocycles. The van der Waals surface area contributed by atoms with Gasteiger partial charge in [0.2, 0.25) is 0 Å². The van der Waals surface area contributed by atoms with Gasteiger partial charge in [0.05, 0.1) is 0 Å². The largest absolute Gasteiger partial charge is 0.290 e. The number of thiol groups is 1. The molecule has 0 saturated carbocycles. The maximum Gasteiger partial charge on any atom is -0.0140 e. The van der Waals surface area contributed by atoms with Gasteiger partial charge in [-0.15, -0.1) is 0 Å². The van der Waals surface area contributed by atoms with Crippen molar-refractivity contribution in [3.63, 3.8) is 0 Å². The number of rotatable bonds is 1. The smallest absolute Gasteiger partial charge is 0.0140 e. The van der Waals surface area contributed by atoms with Gasteiger partial charge in [0.15, 0.2) is 0 Å². The molecule has 0 aromatic rings. The summed E-state index contributed by atoms with van der Waals surface area (Å²) < 4.78 is 0. The molecule has 1 unspecified atom stereocenters. The monoisotopic (exact) mass is 157 g/mol. The van der Waals surface area contributed by atoms with Crippen LogP contribution in [0.4, 0.5) is 0 Å². The molecule has 2 heteroatoms. The molecule has 1 aliphatic heterocycles. The summed E-state index contributed by atoms with van der Waals surface area (Å²) >= 11 is -0.408. The van der Waals surface area contributed by atoms with Crippen LogP contribution in [0, 0.1) is 5.92 Å². The Bertz CT molecular complexity index is 191. The summed E-state index contributed by atoms with van der Waals surface area (Å²) in [5.74, 6) is 0.617. The van der Waals surface area contributed by atoms with Crippen LogP contribution in [0.15, 0.2) is 22.0 Å². The Morgan fingerprint density at radius 2 is 2.10 bits per heavy atom. The molecule has 0 aromatic carbocycles. The Hall–Kier alpha value is -0.210. The summed E-state index contributed by atoms with van der Waals surface area (Å²) in [5.41, 5.74) is 1.38. The van der Waals surface area contributed by atoms with Gasteiger partial charge in [0, 0.05) is 0 Å². The van der Waals surface area contributed by atoms with E-state index in [2.05, 4.69) is 32.3 Å². The van der Waals surface area contributed by atoms with E-state index in [0.29, 0.717) is 5.92 Å². The minimum atomic E-state index is -0.408. The normalized spacial score (nSPS) is 28.7. The lowest BCUT2D eigenvalue weighted by molar-refractivity contribution is 0.810. The van der Waals surface area contributed by atoms with Crippen LogP contribution in [0.3, 0.4) is 0 Å². The van der Waals surface area contributed by atoms with E-state index in [0.717, 1.165) is 0 Å². The molecule has 0 amide bonds. The average Bonchev–Trinajstić information content (AvgIpc) is 2.11. The summed E-state index contributed by atoms with van der Waals surface area (Å²) in [6.45, 7) is 6.54. The summed E-state index contributed by atoms with van der Waals surface area (Å²) in [4.78, 5) is 1.45. The number of hydrogen-bond donors (Lipinski definition) is 2. The van der Waals surface area contributed by atoms with E-state index in [1.165, 1.54) is 10.5 Å². The fraction of sp³-hybridized carbons (Fsp3) is 0.500. The van der Waals surface area contributed by atoms with Crippen molar-refractivity contribution >= 4 is 11.1 Å². The van der Waals surface area contributed by atoms with Gasteiger partial charge < -0.3 is 0 Å². The highest BCUT2D eigenvalue weighted by atomic mass is 32.2. The molecule has 0 saturated heterocycles. The lowest BCUT2D eigenvalue weighted by Crippen LogP contribution is -1.99. The highest BCUT2D eigenvalue weighted by Crippen LogP contribution is 2.41. The molecular formula is C8H15NS. The molecule has 1 nitrogen and oxygen atoms in total. The van der Waals surface area contributed by atoms with Crippen LogP contribution < -0.4 is 5.14 Å². The first-order valence-electron chi connectivity index (χ1n) is 3.56. The Morgan fingerprint density at radius 3 is 2.30 bits per heavy atom. The second-order valence-electron chi connectivity index (χ2n) is 2.95. The summed E-state index contributed by atoms with van der Waals surface area (Å²) in [7, 11) is 0. The van der Waals surface area contributed by atoms with Crippen molar-refractivity contribution < 1.29 is 0 Å². The maximum atomic E-state index is 5.89. The van der Waals surface area contributed by atoms with Gasteiger partial charge in [0.25, 0.3) is 0 Å². The van der Waals surface area contributed by atoms with Crippen molar-refractivity contribution in [1.82, 2.24) is 0 Å². The van der Waals surface area contributed by atoms with E-state index in [9.17, 15) is 0 Å². The predicted octanol–water partition coefficient (Wildman–Crippen LogP) is 2.32. The summed E-state index contributed by atoms with van der Waals surface area (Å²) in [6, 6.07) is 0. The zero-order chi connectivity index (χ0) is 7.72. The number of allylic oxidation sites excluding steroid dienone is 3. The first-order valence-corrected chi connectivity index (χ1v) is 5.04. The van der Waals surface area contributed by atoms with E-state index in [1.807, 2.05) is 0 Å². The van der Waals surface area contributed by atoms with Crippen molar-refractivity contribution in [3.05, 3.63) is 22.0 Å². The third kappa shape index (κ3) is 1.27. The van der Waals surface area contributed by atoms with Gasteiger partial charge in [-0.25, -0.2) is 0 Å². The average molecular weight is 157 g/mol. The van der Waals surface area contributed by atoms with Gasteiger partial charge >= 0.3 is 0 Å². The van der Waals surface area contributed by atoms with Crippen LogP contribution >= 0.6 is 11.1 Å². The van der Waals surface area contributed by atoms with Crippen molar-refractivity contribution in [3.8, 4) is 0 Å². The molecule has 0 aliphatic carbocycles. The number of nitrogens with two attached hydrogens (primary N) is 1. The van der Waals surface area contributed by atoms with Gasteiger partial charge in [-0.3, -0.25) is 5.14 Å². The third-order valence-electron chi connectivity index (χ3n) is 1.71. The van der Waals surface area contributed by atoms with Gasteiger partial charge in [-0.05, 0) is 28.7 Å². The van der Waals surface area contributed by atoms with Crippen LogP contribution in [0.25, 0.3) is 0 Å². The van der Waals surface area contributed by atoms with Gasteiger partial charge in [-0.2, -0.15) is 11.1 Å². The predicted molar refractivity (Wildman–Crippen MR) is 49.9 cm³/mol. The standard InChI is InChI=1S/C8H15NS/c1-6(2)8-7(3)4-5-10(8)9/h4-6,10H,9H2,1-3H3. The van der Waals surface area contributed by atoms with Crippen LogP contribution in [0.5, 0.6) is 0 Å². The van der Waals surface area contributed by atoms with Gasteiger partial charge in [-0.1, -0.05) is 19.9 Å². The van der Waals surface area contributed by atoms with Crippen LogP contribution in [-0.4, -0.2) is 0 Å². The number of hydrogen-bond acceptors (Lipinski definition) is 1. The van der Waals surface area contributed by atoms with E-state index in [4.69, 9.17) is 5.14 Å². The summed E-state index contributed by atoms with van der Waals surface area (Å²) in [6.07, 6.45) is 2.14. The van der Waals surface area contributed by atoms with E-state index in [1.54, 1.807) is 0 Å². The molecule has 0 fully saturated rings. The van der Waals surface area contributed by atoms with Crippen molar-refractivity contribution in [2.75, 3.05) is 0 Å². The molecule has 2 N–H and O–H groups in total. The second-order valence-corrected chi connectivity index (χ2v) is 4.54. The molecule has 58 valence electrons. The molecular weight excluding hydrogens is 142 g/mol. The molecule has 0 bridgehead atoms. The quantitative estimate of drug-likeness (QED) is 0.561. The SMILES string of the molecule is CC1=C(C(C)C)[SH](N)C=C1. The Labute approximate surface area is 65.5 Å². The minimum absolute atomic E-state index is 0.408. The minimum Gasteiger partial charge on any atom is -0.290 e. The zero-order valence-electron chi connectivity index (χ0n) is 6.76. The topological polar surface area (TPSA) is 26.0 Å². The van der Waals surface area contributed by atoms with Crippen molar-refractivity contribution in [1.29, 1.82) is 0 Å². The van der Waals surface area contributed by atoms with E-state index >= 15 is 0 Å². The zero-order valence-corrected chi connectivity index (χ0v) is 7.65. The first-order chi connectivity index (χ1) is 4.63. The lowest BCUT2D eigenvalue weighted by atomic mass is 10.1. The fourth-order valence-corrected chi connectivity index (χ4v) is 2.94. The van der Waals surface area contributed by atoms with Crippen LogP contribution in [0.2, 0.25) is 0 Å².